The van der Waals surface area contributed by atoms with Gasteiger partial charge in [0.25, 0.3) is 0 Å². The number of nitrogens with one attached hydrogen (secondary N) is 1. The standard InChI is InChI=1S/C16H28N4O/c1-4-20-9-7-13(8-10-20)11-18-15-6-5-14(17)16(19-15)21-12(2)3/h5-6,12-13H,4,7-11,17H2,1-3H3,(H,18,19). The highest BCUT2D eigenvalue weighted by molar-refractivity contribution is 5.53. The van der Waals surface area contributed by atoms with Crippen LogP contribution in [0.4, 0.5) is 11.5 Å². The molecule has 2 rings (SSSR count). The molecule has 0 aromatic carbocycles. The number of likely N-dealkylation sites (tertiary alicyclic amines) is 1. The summed E-state index contributed by atoms with van der Waals surface area (Å²) in [6, 6.07) is 3.77. The number of rotatable bonds is 6. The van der Waals surface area contributed by atoms with Crippen LogP contribution in [0.3, 0.4) is 0 Å². The van der Waals surface area contributed by atoms with Crippen molar-refractivity contribution in [3.63, 3.8) is 0 Å². The van der Waals surface area contributed by atoms with Crippen LogP contribution >= 0.6 is 0 Å². The van der Waals surface area contributed by atoms with Crippen LogP contribution in [0.1, 0.15) is 33.6 Å². The lowest BCUT2D eigenvalue weighted by atomic mass is 9.97. The van der Waals surface area contributed by atoms with Crippen LogP contribution in [-0.4, -0.2) is 42.2 Å². The van der Waals surface area contributed by atoms with Crippen molar-refractivity contribution in [1.29, 1.82) is 0 Å². The van der Waals surface area contributed by atoms with Gasteiger partial charge in [0.15, 0.2) is 0 Å². The van der Waals surface area contributed by atoms with E-state index in [2.05, 4.69) is 22.1 Å². The van der Waals surface area contributed by atoms with Gasteiger partial charge in [-0.25, -0.2) is 0 Å². The number of nitrogen functional groups attached to an aromatic ring is 1. The fourth-order valence-electron chi connectivity index (χ4n) is 2.62. The maximum absolute atomic E-state index is 5.89. The highest BCUT2D eigenvalue weighted by atomic mass is 16.5. The molecule has 1 saturated heterocycles. The summed E-state index contributed by atoms with van der Waals surface area (Å²) in [5.74, 6) is 2.09. The van der Waals surface area contributed by atoms with E-state index in [0.29, 0.717) is 11.6 Å². The highest BCUT2D eigenvalue weighted by Gasteiger charge is 2.18. The van der Waals surface area contributed by atoms with Crippen molar-refractivity contribution >= 4 is 11.5 Å². The molecule has 0 saturated carbocycles. The fraction of sp³-hybridized carbons (Fsp3) is 0.688. The molecule has 0 unspecified atom stereocenters. The Kier molecular flexibility index (Phi) is 5.67. The average Bonchev–Trinajstić information content (AvgIpc) is 2.48. The first-order valence-electron chi connectivity index (χ1n) is 7.98. The SMILES string of the molecule is CCN1CCC(CNc2ccc(N)c(OC(C)C)n2)CC1. The van der Waals surface area contributed by atoms with Crippen molar-refractivity contribution in [2.45, 2.75) is 39.7 Å². The molecule has 0 aliphatic carbocycles. The van der Waals surface area contributed by atoms with Crippen molar-refractivity contribution < 1.29 is 4.74 Å². The summed E-state index contributed by atoms with van der Waals surface area (Å²) in [7, 11) is 0. The molecule has 1 fully saturated rings. The Balaban J connectivity index is 1.86. The van der Waals surface area contributed by atoms with E-state index in [1.807, 2.05) is 26.0 Å². The summed E-state index contributed by atoms with van der Waals surface area (Å²) in [5.41, 5.74) is 6.47. The smallest absolute Gasteiger partial charge is 0.239 e. The van der Waals surface area contributed by atoms with Crippen molar-refractivity contribution in [1.82, 2.24) is 9.88 Å². The van der Waals surface area contributed by atoms with E-state index in [9.17, 15) is 0 Å². The van der Waals surface area contributed by atoms with Gasteiger partial charge in [0.1, 0.15) is 5.82 Å². The molecule has 5 heteroatoms. The lowest BCUT2D eigenvalue weighted by molar-refractivity contribution is 0.198. The molecular formula is C16H28N4O. The van der Waals surface area contributed by atoms with Gasteiger partial charge in [-0.3, -0.25) is 0 Å². The van der Waals surface area contributed by atoms with Crippen LogP contribution in [0.5, 0.6) is 5.88 Å². The van der Waals surface area contributed by atoms with Crippen LogP contribution in [-0.2, 0) is 0 Å². The minimum atomic E-state index is 0.0772. The van der Waals surface area contributed by atoms with Crippen molar-refractivity contribution in [3.8, 4) is 5.88 Å². The Hall–Kier alpha value is -1.49. The van der Waals surface area contributed by atoms with Crippen molar-refractivity contribution in [3.05, 3.63) is 12.1 Å². The average molecular weight is 292 g/mol. The van der Waals surface area contributed by atoms with E-state index < -0.39 is 0 Å². The largest absolute Gasteiger partial charge is 0.473 e. The quantitative estimate of drug-likeness (QED) is 0.844. The molecule has 3 N–H and O–H groups in total. The molecule has 5 nitrogen and oxygen atoms in total. The van der Waals surface area contributed by atoms with E-state index in [1.165, 1.54) is 25.9 Å². The number of anilines is 2. The molecule has 1 aromatic heterocycles. The van der Waals surface area contributed by atoms with Gasteiger partial charge in [-0.05, 0) is 64.4 Å². The number of nitrogens with two attached hydrogens (primary N) is 1. The molecule has 1 aliphatic heterocycles. The summed E-state index contributed by atoms with van der Waals surface area (Å²) in [5, 5.41) is 3.42. The Bertz CT molecular complexity index is 442. The van der Waals surface area contributed by atoms with Crippen molar-refractivity contribution in [2.75, 3.05) is 37.2 Å². The lowest BCUT2D eigenvalue weighted by Crippen LogP contribution is -2.35. The lowest BCUT2D eigenvalue weighted by Gasteiger charge is -2.31. The summed E-state index contributed by atoms with van der Waals surface area (Å²) in [6.07, 6.45) is 2.59. The van der Waals surface area contributed by atoms with E-state index in [-0.39, 0.29) is 6.10 Å². The van der Waals surface area contributed by atoms with E-state index in [1.54, 1.807) is 0 Å². The Morgan fingerprint density at radius 2 is 2.10 bits per heavy atom. The van der Waals surface area contributed by atoms with Gasteiger partial charge in [-0.15, -0.1) is 0 Å². The van der Waals surface area contributed by atoms with Gasteiger partial charge in [0.05, 0.1) is 11.8 Å². The van der Waals surface area contributed by atoms with Gasteiger partial charge in [0, 0.05) is 6.54 Å². The highest BCUT2D eigenvalue weighted by Crippen LogP contribution is 2.23. The van der Waals surface area contributed by atoms with Gasteiger partial charge >= 0.3 is 0 Å². The topological polar surface area (TPSA) is 63.4 Å². The van der Waals surface area contributed by atoms with Gasteiger partial charge < -0.3 is 20.7 Å². The van der Waals surface area contributed by atoms with Crippen LogP contribution in [0.15, 0.2) is 12.1 Å². The van der Waals surface area contributed by atoms with E-state index >= 15 is 0 Å². The number of hydrogen-bond acceptors (Lipinski definition) is 5. The minimum absolute atomic E-state index is 0.0772. The summed E-state index contributed by atoms with van der Waals surface area (Å²) in [4.78, 5) is 6.97. The predicted octanol–water partition coefficient (Wildman–Crippen LogP) is 2.59. The summed E-state index contributed by atoms with van der Waals surface area (Å²) >= 11 is 0. The number of hydrogen-bond donors (Lipinski definition) is 2. The molecule has 1 aromatic rings. The van der Waals surface area contributed by atoms with Crippen LogP contribution in [0, 0.1) is 5.92 Å². The Morgan fingerprint density at radius 3 is 2.71 bits per heavy atom. The zero-order valence-corrected chi connectivity index (χ0v) is 13.4. The molecule has 0 amide bonds. The zero-order chi connectivity index (χ0) is 15.2. The van der Waals surface area contributed by atoms with Crippen molar-refractivity contribution in [2.24, 2.45) is 5.92 Å². The first-order chi connectivity index (χ1) is 10.1. The minimum Gasteiger partial charge on any atom is -0.473 e. The Morgan fingerprint density at radius 1 is 1.38 bits per heavy atom. The summed E-state index contributed by atoms with van der Waals surface area (Å²) in [6.45, 7) is 10.7. The van der Waals surface area contributed by atoms with Crippen LogP contribution in [0.25, 0.3) is 0 Å². The molecule has 21 heavy (non-hydrogen) atoms. The molecule has 0 radical (unpaired) electrons. The van der Waals surface area contributed by atoms with E-state index in [4.69, 9.17) is 10.5 Å². The number of aromatic nitrogens is 1. The molecule has 118 valence electrons. The third-order valence-electron chi connectivity index (χ3n) is 3.96. The second-order valence-corrected chi connectivity index (χ2v) is 6.02. The van der Waals surface area contributed by atoms with Gasteiger partial charge in [-0.1, -0.05) is 6.92 Å². The third-order valence-corrected chi connectivity index (χ3v) is 3.96. The van der Waals surface area contributed by atoms with Gasteiger partial charge in [0.2, 0.25) is 5.88 Å². The number of piperidine rings is 1. The fourth-order valence-corrected chi connectivity index (χ4v) is 2.62. The number of ether oxygens (including phenoxy) is 1. The maximum atomic E-state index is 5.89. The molecule has 0 atom stereocenters. The molecular weight excluding hydrogens is 264 g/mol. The second-order valence-electron chi connectivity index (χ2n) is 6.02. The first-order valence-corrected chi connectivity index (χ1v) is 7.98. The molecule has 0 bridgehead atoms. The monoisotopic (exact) mass is 292 g/mol. The summed E-state index contributed by atoms with van der Waals surface area (Å²) < 4.78 is 5.62. The molecule has 1 aliphatic rings. The molecule has 2 heterocycles. The van der Waals surface area contributed by atoms with Gasteiger partial charge in [-0.2, -0.15) is 4.98 Å². The first kappa shape index (κ1) is 15.9. The number of nitrogens with zero attached hydrogens (tertiary/aromatic N) is 2. The van der Waals surface area contributed by atoms with E-state index in [0.717, 1.165) is 24.8 Å². The predicted molar refractivity (Wildman–Crippen MR) is 87.7 cm³/mol. The zero-order valence-electron chi connectivity index (χ0n) is 13.4. The van der Waals surface area contributed by atoms with Crippen LogP contribution in [0.2, 0.25) is 0 Å². The van der Waals surface area contributed by atoms with Crippen LogP contribution < -0.4 is 15.8 Å². The normalized spacial score (nSPS) is 17.1. The Labute approximate surface area is 127 Å². The second kappa shape index (κ2) is 7.50. The molecule has 0 spiro atoms. The number of pyridine rings is 1. The third kappa shape index (κ3) is 4.77. The maximum Gasteiger partial charge on any atom is 0.239 e.